The van der Waals surface area contributed by atoms with Gasteiger partial charge in [0.15, 0.2) is 5.11 Å². The van der Waals surface area contributed by atoms with Crippen molar-refractivity contribution in [2.24, 2.45) is 5.41 Å². The van der Waals surface area contributed by atoms with E-state index in [-0.39, 0.29) is 11.1 Å². The number of aromatic nitrogens is 1. The van der Waals surface area contributed by atoms with E-state index in [0.29, 0.717) is 61.2 Å². The number of hydrogen-bond donors (Lipinski definition) is 2. The van der Waals surface area contributed by atoms with Gasteiger partial charge in [-0.1, -0.05) is 17.7 Å². The highest BCUT2D eigenvalue weighted by Crippen LogP contribution is 2.39. The van der Waals surface area contributed by atoms with Crippen LogP contribution in [0.25, 0.3) is 5.70 Å². The van der Waals surface area contributed by atoms with Crippen molar-refractivity contribution in [3.05, 3.63) is 68.5 Å². The molecule has 1 aromatic carbocycles. The Morgan fingerprint density at radius 3 is 2.76 bits per heavy atom. The summed E-state index contributed by atoms with van der Waals surface area (Å²) < 4.78 is 19.2. The number of piperazine rings is 1. The van der Waals surface area contributed by atoms with Gasteiger partial charge in [-0.2, -0.15) is 0 Å². The maximum absolute atomic E-state index is 13.9. The quantitative estimate of drug-likeness (QED) is 0.336. The topological polar surface area (TPSA) is 98.2 Å². The molecule has 5 rings (SSSR count). The van der Waals surface area contributed by atoms with Gasteiger partial charge in [-0.3, -0.25) is 9.69 Å². The molecule has 2 saturated heterocycles. The maximum atomic E-state index is 13.9. The molecule has 2 aromatic rings. The van der Waals surface area contributed by atoms with E-state index in [0.717, 1.165) is 10.7 Å². The molecule has 0 spiro atoms. The molecule has 3 aliphatic heterocycles. The van der Waals surface area contributed by atoms with Crippen LogP contribution in [0.3, 0.4) is 0 Å². The van der Waals surface area contributed by atoms with Gasteiger partial charge in [0, 0.05) is 67.5 Å². The monoisotopic (exact) mass is 619 g/mol. The Bertz CT molecular complexity index is 1430. The number of esters is 1. The number of carbonyl (C=O) groups is 2. The number of rotatable bonds is 8. The van der Waals surface area contributed by atoms with Gasteiger partial charge in [0.1, 0.15) is 10.8 Å². The maximum Gasteiger partial charge on any atom is 0.336 e. The minimum atomic E-state index is -0.931. The largest absolute Gasteiger partial charge is 0.481 e. The Hall–Kier alpha value is -3.06. The zero-order chi connectivity index (χ0) is 29.5. The number of halogens is 2. The molecule has 13 heteroatoms. The van der Waals surface area contributed by atoms with Crippen molar-refractivity contribution in [2.45, 2.75) is 25.8 Å². The summed E-state index contributed by atoms with van der Waals surface area (Å²) >= 11 is 13.7. The highest BCUT2D eigenvalue weighted by atomic mass is 35.5. The SMILES string of the molecule is COC(=O)C1=C(CN2CCN3C(=S)N(CC(C)(C)C(=O)O)C[C@H]3C2)NC(c2nccs2)=CC1c1ccc(F)cc1Cl. The van der Waals surface area contributed by atoms with E-state index in [1.165, 1.54) is 30.6 Å². The van der Waals surface area contributed by atoms with Crippen LogP contribution in [0.1, 0.15) is 30.3 Å². The Kier molecular flexibility index (Phi) is 8.38. The minimum Gasteiger partial charge on any atom is -0.481 e. The van der Waals surface area contributed by atoms with Crippen LogP contribution in [0.15, 0.2) is 47.1 Å². The van der Waals surface area contributed by atoms with Gasteiger partial charge in [0.25, 0.3) is 0 Å². The van der Waals surface area contributed by atoms with Crippen LogP contribution in [0.4, 0.5) is 4.39 Å². The van der Waals surface area contributed by atoms with E-state index >= 15 is 0 Å². The van der Waals surface area contributed by atoms with Crippen molar-refractivity contribution in [1.82, 2.24) is 25.0 Å². The third-order valence-electron chi connectivity index (χ3n) is 7.68. The smallest absolute Gasteiger partial charge is 0.336 e. The summed E-state index contributed by atoms with van der Waals surface area (Å²) in [6, 6.07) is 4.25. The van der Waals surface area contributed by atoms with Crippen molar-refractivity contribution in [1.29, 1.82) is 0 Å². The van der Waals surface area contributed by atoms with Crippen LogP contribution in [0, 0.1) is 11.2 Å². The first kappa shape index (κ1) is 29.4. The van der Waals surface area contributed by atoms with Crippen LogP contribution in [-0.2, 0) is 14.3 Å². The number of dihydropyridines is 1. The number of carboxylic acid groups (broad SMARTS) is 1. The lowest BCUT2D eigenvalue weighted by Gasteiger charge is -2.39. The van der Waals surface area contributed by atoms with Crippen molar-refractivity contribution in [3.8, 4) is 0 Å². The number of carboxylic acids is 1. The van der Waals surface area contributed by atoms with Gasteiger partial charge in [-0.25, -0.2) is 14.2 Å². The molecule has 41 heavy (non-hydrogen) atoms. The van der Waals surface area contributed by atoms with E-state index in [9.17, 15) is 19.1 Å². The first-order valence-electron chi connectivity index (χ1n) is 13.1. The first-order chi connectivity index (χ1) is 19.5. The average molecular weight is 620 g/mol. The molecule has 0 aliphatic carbocycles. The van der Waals surface area contributed by atoms with Crippen molar-refractivity contribution in [3.63, 3.8) is 0 Å². The Balaban J connectivity index is 1.44. The summed E-state index contributed by atoms with van der Waals surface area (Å²) in [4.78, 5) is 35.8. The minimum absolute atomic E-state index is 0.0860. The number of methoxy groups -OCH3 is 1. The number of nitrogens with zero attached hydrogens (tertiary/aromatic N) is 4. The molecule has 0 radical (unpaired) electrons. The fourth-order valence-electron chi connectivity index (χ4n) is 5.56. The van der Waals surface area contributed by atoms with E-state index in [2.05, 4.69) is 20.1 Å². The third kappa shape index (κ3) is 5.97. The molecule has 0 bridgehead atoms. The second kappa shape index (κ2) is 11.7. The van der Waals surface area contributed by atoms with Crippen LogP contribution in [0.2, 0.25) is 5.02 Å². The van der Waals surface area contributed by atoms with E-state index in [1.807, 2.05) is 16.4 Å². The molecule has 2 fully saturated rings. The van der Waals surface area contributed by atoms with E-state index in [1.54, 1.807) is 26.1 Å². The fourth-order valence-corrected chi connectivity index (χ4v) is 6.84. The molecule has 4 heterocycles. The van der Waals surface area contributed by atoms with Gasteiger partial charge in [-0.05, 0) is 49.8 Å². The molecule has 218 valence electrons. The summed E-state index contributed by atoms with van der Waals surface area (Å²) in [7, 11) is 1.34. The van der Waals surface area contributed by atoms with Gasteiger partial charge >= 0.3 is 11.9 Å². The van der Waals surface area contributed by atoms with Crippen LogP contribution < -0.4 is 5.32 Å². The molecule has 3 aliphatic rings. The number of thiocarbonyl (C=S) groups is 1. The van der Waals surface area contributed by atoms with Gasteiger partial charge in [-0.15, -0.1) is 11.3 Å². The highest BCUT2D eigenvalue weighted by molar-refractivity contribution is 7.80. The Morgan fingerprint density at radius 2 is 2.10 bits per heavy atom. The lowest BCUT2D eigenvalue weighted by molar-refractivity contribution is -0.147. The highest BCUT2D eigenvalue weighted by Gasteiger charge is 2.42. The predicted molar refractivity (Wildman–Crippen MR) is 159 cm³/mol. The summed E-state index contributed by atoms with van der Waals surface area (Å²) in [6.07, 6.45) is 3.59. The molecule has 2 N–H and O–H groups in total. The third-order valence-corrected chi connectivity index (χ3v) is 9.31. The Labute approximate surface area is 252 Å². The van der Waals surface area contributed by atoms with Crippen molar-refractivity contribution in [2.75, 3.05) is 46.4 Å². The number of benzene rings is 1. The molecule has 0 saturated carbocycles. The number of nitrogens with one attached hydrogen (secondary N) is 1. The van der Waals surface area contributed by atoms with Gasteiger partial charge < -0.3 is 25.0 Å². The Morgan fingerprint density at radius 1 is 1.32 bits per heavy atom. The zero-order valence-electron chi connectivity index (χ0n) is 22.9. The van der Waals surface area contributed by atoms with Gasteiger partial charge in [0.05, 0.1) is 29.8 Å². The molecule has 2 atom stereocenters. The number of aliphatic carboxylic acids is 1. The number of ether oxygens (including phenoxy) is 1. The fraction of sp³-hybridized carbons (Fsp3) is 0.429. The summed E-state index contributed by atoms with van der Waals surface area (Å²) in [5, 5.41) is 16.5. The number of hydrogen-bond acceptors (Lipinski definition) is 8. The summed E-state index contributed by atoms with van der Waals surface area (Å²) in [5.74, 6) is -2.42. The average Bonchev–Trinajstić information content (AvgIpc) is 3.56. The van der Waals surface area contributed by atoms with Crippen LogP contribution in [0.5, 0.6) is 0 Å². The number of fused-ring (bicyclic) bond motifs is 1. The molecule has 1 unspecified atom stereocenters. The molecular weight excluding hydrogens is 589 g/mol. The number of carbonyl (C=O) groups excluding carboxylic acids is 1. The van der Waals surface area contributed by atoms with Crippen molar-refractivity contribution >= 4 is 57.9 Å². The second-order valence-electron chi connectivity index (χ2n) is 11.0. The number of thiazole rings is 1. The molecule has 9 nitrogen and oxygen atoms in total. The first-order valence-corrected chi connectivity index (χ1v) is 14.8. The standard InChI is InChI=1S/C28H31ClFN5O4S2/c1-28(2,26(37)38)15-34-13-17-12-33(7-8-35(17)27(34)40)14-22-23(25(36)39-3)19(18-5-4-16(30)10-20(18)29)11-21(32-22)24-31-6-9-41-24/h4-6,9-11,17,19,32H,7-8,12-15H2,1-3H3,(H,37,38)/t17-,19?/m1/s1. The lowest BCUT2D eigenvalue weighted by atomic mass is 9.86. The van der Waals surface area contributed by atoms with Crippen LogP contribution >= 0.6 is 35.2 Å². The zero-order valence-corrected chi connectivity index (χ0v) is 25.3. The van der Waals surface area contributed by atoms with Gasteiger partial charge in [0.2, 0.25) is 0 Å². The lowest BCUT2D eigenvalue weighted by Crippen LogP contribution is -2.53. The molecule has 0 amide bonds. The van der Waals surface area contributed by atoms with Crippen LogP contribution in [-0.4, -0.2) is 94.3 Å². The molecule has 1 aromatic heterocycles. The van der Waals surface area contributed by atoms with E-state index in [4.69, 9.17) is 28.6 Å². The van der Waals surface area contributed by atoms with Crippen molar-refractivity contribution < 1.29 is 23.8 Å². The summed E-state index contributed by atoms with van der Waals surface area (Å²) in [5.41, 5.74) is 1.45. The van der Waals surface area contributed by atoms with E-state index < -0.39 is 29.1 Å². The predicted octanol–water partition coefficient (Wildman–Crippen LogP) is 3.79. The molecular formula is C28H31ClFN5O4S2. The second-order valence-corrected chi connectivity index (χ2v) is 12.7. The number of allylic oxidation sites excluding steroid dienone is 1. The normalized spacial score (nSPS) is 21.5. The summed E-state index contributed by atoms with van der Waals surface area (Å²) in [6.45, 7) is 6.81.